The van der Waals surface area contributed by atoms with Gasteiger partial charge in [0.2, 0.25) is 12.7 Å². The minimum absolute atomic E-state index is 0.0205. The second-order valence-electron chi connectivity index (χ2n) is 6.73. The standard InChI is InChI=1S/C21H17FN2O5S2/c1-2-9-24-16-11-17-18(29-13-28-17)12-19(16)30-21(24)23-20(25)4-3-10-31(26,27)15-7-5-14(22)6-8-15/h1,5-8,11-12H,3-4,9-10,13H2. The summed E-state index contributed by atoms with van der Waals surface area (Å²) in [5.74, 6) is 2.56. The Morgan fingerprint density at radius 2 is 1.94 bits per heavy atom. The molecule has 2 aromatic carbocycles. The molecule has 0 spiro atoms. The van der Waals surface area contributed by atoms with Gasteiger partial charge in [-0.15, -0.1) is 6.42 Å². The van der Waals surface area contributed by atoms with Gasteiger partial charge in [-0.1, -0.05) is 17.3 Å². The first kappa shape index (κ1) is 21.1. The molecule has 0 saturated heterocycles. The quantitative estimate of drug-likeness (QED) is 0.417. The van der Waals surface area contributed by atoms with E-state index in [4.69, 9.17) is 15.9 Å². The van der Waals surface area contributed by atoms with Crippen LogP contribution in [0.1, 0.15) is 12.8 Å². The average molecular weight is 461 g/mol. The molecule has 0 bridgehead atoms. The van der Waals surface area contributed by atoms with Crippen LogP contribution >= 0.6 is 11.3 Å². The number of carbonyl (C=O) groups excluding carboxylic acids is 1. The highest BCUT2D eigenvalue weighted by molar-refractivity contribution is 7.91. The van der Waals surface area contributed by atoms with Crippen molar-refractivity contribution in [2.24, 2.45) is 4.99 Å². The summed E-state index contributed by atoms with van der Waals surface area (Å²) in [4.78, 5) is 17.0. The third-order valence-corrected chi connectivity index (χ3v) is 7.48. The van der Waals surface area contributed by atoms with Crippen LogP contribution in [-0.4, -0.2) is 31.4 Å². The number of halogens is 1. The molecule has 0 radical (unpaired) electrons. The van der Waals surface area contributed by atoms with Crippen LogP contribution in [0.25, 0.3) is 10.2 Å². The Hall–Kier alpha value is -3.16. The number of hydrogen-bond donors (Lipinski definition) is 0. The SMILES string of the molecule is C#CCn1c(=NC(=O)CCCS(=O)(=O)c2ccc(F)cc2)sc2cc3c(cc21)OCO3. The Morgan fingerprint density at radius 3 is 2.65 bits per heavy atom. The highest BCUT2D eigenvalue weighted by atomic mass is 32.2. The summed E-state index contributed by atoms with van der Waals surface area (Å²) < 4.78 is 51.0. The van der Waals surface area contributed by atoms with E-state index in [1.165, 1.54) is 23.5 Å². The number of hydrogen-bond acceptors (Lipinski definition) is 6. The maximum Gasteiger partial charge on any atom is 0.248 e. The van der Waals surface area contributed by atoms with Crippen LogP contribution in [0.3, 0.4) is 0 Å². The molecule has 0 saturated carbocycles. The van der Waals surface area contributed by atoms with Crippen molar-refractivity contribution in [2.75, 3.05) is 12.5 Å². The number of fused-ring (bicyclic) bond motifs is 2. The Bertz CT molecular complexity index is 1370. The van der Waals surface area contributed by atoms with Crippen molar-refractivity contribution >= 4 is 37.3 Å². The molecule has 160 valence electrons. The summed E-state index contributed by atoms with van der Waals surface area (Å²) in [5.41, 5.74) is 0.776. The van der Waals surface area contributed by atoms with Crippen molar-refractivity contribution in [2.45, 2.75) is 24.3 Å². The molecule has 1 amide bonds. The number of benzene rings is 2. The summed E-state index contributed by atoms with van der Waals surface area (Å²) in [7, 11) is -3.61. The summed E-state index contributed by atoms with van der Waals surface area (Å²) in [6, 6.07) is 8.21. The van der Waals surface area contributed by atoms with Crippen LogP contribution in [0.4, 0.5) is 4.39 Å². The first-order chi connectivity index (χ1) is 14.9. The second kappa shape index (κ2) is 8.53. The smallest absolute Gasteiger partial charge is 0.248 e. The van der Waals surface area contributed by atoms with Gasteiger partial charge in [0, 0.05) is 18.6 Å². The second-order valence-corrected chi connectivity index (χ2v) is 9.85. The number of aromatic nitrogens is 1. The lowest BCUT2D eigenvalue weighted by Gasteiger charge is -2.03. The van der Waals surface area contributed by atoms with Gasteiger partial charge in [0.15, 0.2) is 26.1 Å². The summed E-state index contributed by atoms with van der Waals surface area (Å²) in [5, 5.41) is 0. The van der Waals surface area contributed by atoms with E-state index in [-0.39, 0.29) is 36.8 Å². The monoisotopic (exact) mass is 460 g/mol. The Kier molecular flexibility index (Phi) is 5.80. The fourth-order valence-electron chi connectivity index (χ4n) is 3.12. The molecule has 3 aromatic rings. The Labute approximate surface area is 181 Å². The first-order valence-electron chi connectivity index (χ1n) is 9.30. The predicted octanol–water partition coefficient (Wildman–Crippen LogP) is 2.89. The minimum atomic E-state index is -3.61. The van der Waals surface area contributed by atoms with Gasteiger partial charge in [-0.05, 0) is 30.7 Å². The van der Waals surface area contributed by atoms with E-state index < -0.39 is 21.6 Å². The molecule has 10 heteroatoms. The molecule has 1 aliphatic heterocycles. The van der Waals surface area contributed by atoms with E-state index in [9.17, 15) is 17.6 Å². The molecule has 31 heavy (non-hydrogen) atoms. The third kappa shape index (κ3) is 4.47. The van der Waals surface area contributed by atoms with Crippen molar-refractivity contribution in [1.29, 1.82) is 0 Å². The Balaban J connectivity index is 1.52. The molecule has 0 aliphatic carbocycles. The van der Waals surface area contributed by atoms with E-state index in [0.29, 0.717) is 16.3 Å². The Morgan fingerprint density at radius 1 is 1.23 bits per heavy atom. The zero-order valence-electron chi connectivity index (χ0n) is 16.2. The maximum atomic E-state index is 13.0. The van der Waals surface area contributed by atoms with Crippen molar-refractivity contribution in [1.82, 2.24) is 4.57 Å². The zero-order valence-corrected chi connectivity index (χ0v) is 17.8. The van der Waals surface area contributed by atoms with E-state index >= 15 is 0 Å². The van der Waals surface area contributed by atoms with Gasteiger partial charge < -0.3 is 14.0 Å². The number of nitrogens with zero attached hydrogens (tertiary/aromatic N) is 2. The van der Waals surface area contributed by atoms with Crippen LogP contribution in [-0.2, 0) is 21.2 Å². The van der Waals surface area contributed by atoms with Gasteiger partial charge in [0.05, 0.1) is 27.4 Å². The number of thiazole rings is 1. The molecule has 0 fully saturated rings. The number of sulfone groups is 1. The molecule has 0 N–H and O–H groups in total. The lowest BCUT2D eigenvalue weighted by atomic mass is 10.3. The van der Waals surface area contributed by atoms with Crippen molar-refractivity contribution < 1.29 is 27.1 Å². The van der Waals surface area contributed by atoms with E-state index in [1.807, 2.05) is 6.07 Å². The normalized spacial score (nSPS) is 13.5. The molecular weight excluding hydrogens is 443 g/mol. The summed E-state index contributed by atoms with van der Waals surface area (Å²) >= 11 is 1.29. The largest absolute Gasteiger partial charge is 0.454 e. The highest BCUT2D eigenvalue weighted by Crippen LogP contribution is 2.36. The molecule has 1 aromatic heterocycles. The van der Waals surface area contributed by atoms with Crippen molar-refractivity contribution in [3.05, 3.63) is 47.0 Å². The van der Waals surface area contributed by atoms with Crippen LogP contribution in [0, 0.1) is 18.2 Å². The lowest BCUT2D eigenvalue weighted by molar-refractivity contribution is -0.118. The summed E-state index contributed by atoms with van der Waals surface area (Å²) in [6.45, 7) is 0.364. The van der Waals surface area contributed by atoms with Gasteiger partial charge in [0.25, 0.3) is 0 Å². The first-order valence-corrected chi connectivity index (χ1v) is 11.8. The maximum absolute atomic E-state index is 13.0. The number of carbonyl (C=O) groups is 1. The van der Waals surface area contributed by atoms with Gasteiger partial charge >= 0.3 is 0 Å². The molecule has 7 nitrogen and oxygen atoms in total. The third-order valence-electron chi connectivity index (χ3n) is 4.62. The molecular formula is C21H17FN2O5S2. The van der Waals surface area contributed by atoms with Gasteiger partial charge in [0.1, 0.15) is 5.82 Å². The molecule has 1 aliphatic rings. The zero-order chi connectivity index (χ0) is 22.0. The van der Waals surface area contributed by atoms with Gasteiger partial charge in [-0.3, -0.25) is 4.79 Å². The predicted molar refractivity (Wildman–Crippen MR) is 113 cm³/mol. The van der Waals surface area contributed by atoms with E-state index in [0.717, 1.165) is 22.3 Å². The van der Waals surface area contributed by atoms with Gasteiger partial charge in [-0.2, -0.15) is 4.99 Å². The molecule has 4 rings (SSSR count). The topological polar surface area (TPSA) is 87.0 Å². The van der Waals surface area contributed by atoms with Crippen LogP contribution in [0.15, 0.2) is 46.3 Å². The molecule has 2 heterocycles. The van der Waals surface area contributed by atoms with Crippen molar-refractivity contribution in [3.63, 3.8) is 0 Å². The fraction of sp³-hybridized carbons (Fsp3) is 0.238. The average Bonchev–Trinajstić information content (AvgIpc) is 3.31. The van der Waals surface area contributed by atoms with E-state index in [2.05, 4.69) is 10.9 Å². The minimum Gasteiger partial charge on any atom is -0.454 e. The van der Waals surface area contributed by atoms with Crippen LogP contribution in [0.5, 0.6) is 11.5 Å². The highest BCUT2D eigenvalue weighted by Gasteiger charge is 2.18. The van der Waals surface area contributed by atoms with Crippen molar-refractivity contribution in [3.8, 4) is 23.8 Å². The number of terminal acetylenes is 1. The fourth-order valence-corrected chi connectivity index (χ4v) is 5.49. The number of rotatable bonds is 6. The van der Waals surface area contributed by atoms with Crippen LogP contribution in [0.2, 0.25) is 0 Å². The number of amides is 1. The summed E-state index contributed by atoms with van der Waals surface area (Å²) in [6.07, 6.45) is 5.52. The number of ether oxygens (including phenoxy) is 2. The van der Waals surface area contributed by atoms with E-state index in [1.54, 1.807) is 10.6 Å². The van der Waals surface area contributed by atoms with Gasteiger partial charge in [-0.25, -0.2) is 12.8 Å². The molecule has 0 unspecified atom stereocenters. The molecule has 0 atom stereocenters. The van der Waals surface area contributed by atoms with Crippen LogP contribution < -0.4 is 14.3 Å². The lowest BCUT2D eigenvalue weighted by Crippen LogP contribution is -2.17.